The Morgan fingerprint density at radius 2 is 1.84 bits per heavy atom. The number of aromatic nitrogens is 2. The van der Waals surface area contributed by atoms with Gasteiger partial charge in [-0.2, -0.15) is 0 Å². The monoisotopic (exact) mass is 502 g/mol. The highest BCUT2D eigenvalue weighted by Crippen LogP contribution is 2.40. The van der Waals surface area contributed by atoms with Gasteiger partial charge in [-0.25, -0.2) is 4.98 Å². The minimum absolute atomic E-state index is 0.0243. The van der Waals surface area contributed by atoms with Crippen LogP contribution in [0.25, 0.3) is 0 Å². The average Bonchev–Trinajstić information content (AvgIpc) is 3.61. The van der Waals surface area contributed by atoms with E-state index >= 15 is 0 Å². The number of hydrogen-bond donors (Lipinski definition) is 1. The summed E-state index contributed by atoms with van der Waals surface area (Å²) < 4.78 is 13.6. The lowest BCUT2D eigenvalue weighted by molar-refractivity contribution is -0.177. The molecular weight excluding hydrogens is 468 g/mol. The highest BCUT2D eigenvalue weighted by atomic mass is 16.5. The molecule has 194 valence electrons. The molecule has 1 atom stereocenters. The molecule has 2 fully saturated rings. The van der Waals surface area contributed by atoms with Gasteiger partial charge in [0.1, 0.15) is 17.4 Å². The van der Waals surface area contributed by atoms with Crippen molar-refractivity contribution in [3.63, 3.8) is 0 Å². The summed E-state index contributed by atoms with van der Waals surface area (Å²) >= 11 is 0. The molecule has 5 rings (SSSR count). The molecule has 2 amide bonds. The summed E-state index contributed by atoms with van der Waals surface area (Å²) in [5.41, 5.74) is 7.71. The highest BCUT2D eigenvalue weighted by molar-refractivity contribution is 5.82. The van der Waals surface area contributed by atoms with Crippen LogP contribution < -0.4 is 10.5 Å². The summed E-state index contributed by atoms with van der Waals surface area (Å²) in [6.45, 7) is 1.77. The second-order valence-corrected chi connectivity index (χ2v) is 10.2. The van der Waals surface area contributed by atoms with Crippen molar-refractivity contribution in [3.8, 4) is 5.75 Å². The lowest BCUT2D eigenvalue weighted by Gasteiger charge is -2.51. The zero-order valence-electron chi connectivity index (χ0n) is 21.2. The van der Waals surface area contributed by atoms with E-state index in [0.29, 0.717) is 31.8 Å². The Kier molecular flexibility index (Phi) is 7.28. The molecule has 1 aliphatic heterocycles. The Labute approximate surface area is 217 Å². The summed E-state index contributed by atoms with van der Waals surface area (Å²) in [7, 11) is 1.63. The number of carbonyl (C=O) groups is 2. The number of benzene rings is 2. The number of hydrogen-bond acceptors (Lipinski definition) is 5. The van der Waals surface area contributed by atoms with Gasteiger partial charge in [0.25, 0.3) is 0 Å². The Bertz CT molecular complexity index is 1210. The van der Waals surface area contributed by atoms with Crippen LogP contribution in [0.3, 0.4) is 0 Å². The smallest absolute Gasteiger partial charge is 0.246 e. The number of imidazole rings is 1. The summed E-state index contributed by atoms with van der Waals surface area (Å²) in [5, 5.41) is 0. The van der Waals surface area contributed by atoms with Crippen LogP contribution in [0.4, 0.5) is 0 Å². The standard InChI is InChI=1S/C29H34N4O4/c1-36-25-12-9-21(10-13-25)15-26(32-16-24(31-20-32)11-14-27(30)34)28(35)33-18-29(19-33,37-17-22-7-8-22)23-5-3-2-4-6-23/h2-6,9-10,12-13,16,20,22,26H,7-8,11,14-15,17-19H2,1H3,(H2,30,34)/t26-/m1/s1. The predicted molar refractivity (Wildman–Crippen MR) is 139 cm³/mol. The number of ether oxygens (including phenoxy) is 2. The quantitative estimate of drug-likeness (QED) is 0.410. The molecule has 1 aromatic heterocycles. The van der Waals surface area contributed by atoms with Crippen LogP contribution in [-0.4, -0.2) is 53.1 Å². The first-order valence-electron chi connectivity index (χ1n) is 12.9. The van der Waals surface area contributed by atoms with E-state index in [4.69, 9.17) is 15.2 Å². The van der Waals surface area contributed by atoms with Crippen molar-refractivity contribution < 1.29 is 19.1 Å². The van der Waals surface area contributed by atoms with Gasteiger partial charge in [-0.15, -0.1) is 0 Å². The third-order valence-corrected chi connectivity index (χ3v) is 7.31. The Balaban J connectivity index is 1.35. The number of nitrogens with zero attached hydrogens (tertiary/aromatic N) is 3. The van der Waals surface area contributed by atoms with E-state index in [9.17, 15) is 9.59 Å². The van der Waals surface area contributed by atoms with E-state index in [1.165, 1.54) is 12.8 Å². The molecule has 37 heavy (non-hydrogen) atoms. The topological polar surface area (TPSA) is 99.7 Å². The highest BCUT2D eigenvalue weighted by Gasteiger charge is 2.49. The van der Waals surface area contributed by atoms with Crippen LogP contribution in [0.15, 0.2) is 67.1 Å². The van der Waals surface area contributed by atoms with Gasteiger partial charge in [-0.1, -0.05) is 42.5 Å². The van der Waals surface area contributed by atoms with E-state index in [0.717, 1.165) is 29.2 Å². The first kappa shape index (κ1) is 25.0. The molecule has 3 aromatic rings. The van der Waals surface area contributed by atoms with Gasteiger partial charge in [0.05, 0.1) is 38.8 Å². The van der Waals surface area contributed by atoms with E-state index in [1.807, 2.05) is 58.1 Å². The van der Waals surface area contributed by atoms with Crippen molar-refractivity contribution in [2.75, 3.05) is 26.8 Å². The van der Waals surface area contributed by atoms with Crippen LogP contribution in [0.5, 0.6) is 5.75 Å². The molecular formula is C29H34N4O4. The van der Waals surface area contributed by atoms with Gasteiger partial charge < -0.3 is 24.7 Å². The van der Waals surface area contributed by atoms with Crippen LogP contribution >= 0.6 is 0 Å². The fourth-order valence-corrected chi connectivity index (χ4v) is 4.83. The minimum atomic E-state index is -0.472. The largest absolute Gasteiger partial charge is 0.497 e. The fourth-order valence-electron chi connectivity index (χ4n) is 4.83. The molecule has 2 aromatic carbocycles. The van der Waals surface area contributed by atoms with Gasteiger partial charge >= 0.3 is 0 Å². The Morgan fingerprint density at radius 3 is 2.49 bits per heavy atom. The summed E-state index contributed by atoms with van der Waals surface area (Å²) in [5.74, 6) is 1.06. The van der Waals surface area contributed by atoms with E-state index < -0.39 is 11.6 Å². The molecule has 0 radical (unpaired) electrons. The third-order valence-electron chi connectivity index (χ3n) is 7.31. The Hall–Kier alpha value is -3.65. The van der Waals surface area contributed by atoms with Gasteiger partial charge in [-0.3, -0.25) is 9.59 Å². The van der Waals surface area contributed by atoms with E-state index in [-0.39, 0.29) is 18.2 Å². The summed E-state index contributed by atoms with van der Waals surface area (Å²) in [6, 6.07) is 17.5. The number of rotatable bonds is 12. The number of methoxy groups -OCH3 is 1. The molecule has 1 saturated heterocycles. The van der Waals surface area contributed by atoms with Crippen molar-refractivity contribution in [2.45, 2.75) is 43.7 Å². The summed E-state index contributed by atoms with van der Waals surface area (Å²) in [6.07, 6.45) is 7.14. The molecule has 2 aliphatic rings. The zero-order chi connectivity index (χ0) is 25.8. The van der Waals surface area contributed by atoms with E-state index in [1.54, 1.807) is 13.4 Å². The molecule has 0 unspecified atom stereocenters. The number of primary amides is 1. The first-order chi connectivity index (χ1) is 18.0. The van der Waals surface area contributed by atoms with Gasteiger partial charge in [-0.05, 0) is 48.4 Å². The molecule has 1 saturated carbocycles. The molecule has 1 aliphatic carbocycles. The van der Waals surface area contributed by atoms with Crippen LogP contribution in [-0.2, 0) is 32.8 Å². The van der Waals surface area contributed by atoms with Crippen LogP contribution in [0.2, 0.25) is 0 Å². The van der Waals surface area contributed by atoms with Crippen molar-refractivity contribution in [1.29, 1.82) is 0 Å². The zero-order valence-corrected chi connectivity index (χ0v) is 21.2. The number of nitrogens with two attached hydrogens (primary N) is 1. The van der Waals surface area contributed by atoms with Gasteiger partial charge in [0.2, 0.25) is 11.8 Å². The lowest BCUT2D eigenvalue weighted by atomic mass is 9.84. The van der Waals surface area contributed by atoms with E-state index in [2.05, 4.69) is 17.1 Å². The van der Waals surface area contributed by atoms with Crippen molar-refractivity contribution >= 4 is 11.8 Å². The van der Waals surface area contributed by atoms with Crippen LogP contribution in [0, 0.1) is 5.92 Å². The maximum Gasteiger partial charge on any atom is 0.246 e. The molecule has 8 nitrogen and oxygen atoms in total. The summed E-state index contributed by atoms with van der Waals surface area (Å²) in [4.78, 5) is 31.5. The fraction of sp³-hybridized carbons (Fsp3) is 0.414. The number of amides is 2. The van der Waals surface area contributed by atoms with Gasteiger partial charge in [0.15, 0.2) is 0 Å². The molecule has 2 heterocycles. The minimum Gasteiger partial charge on any atom is -0.497 e. The first-order valence-corrected chi connectivity index (χ1v) is 12.9. The molecule has 8 heteroatoms. The SMILES string of the molecule is COc1ccc(C[C@H](C(=O)N2CC(OCC3CC3)(c3ccccc3)C2)n2cnc(CCC(N)=O)c2)cc1. The lowest BCUT2D eigenvalue weighted by Crippen LogP contribution is -2.63. The van der Waals surface area contributed by atoms with Crippen molar-refractivity contribution in [3.05, 3.63) is 83.9 Å². The van der Waals surface area contributed by atoms with Crippen molar-refractivity contribution in [2.24, 2.45) is 11.7 Å². The predicted octanol–water partition coefficient (Wildman–Crippen LogP) is 3.26. The van der Waals surface area contributed by atoms with Gasteiger partial charge in [0, 0.05) is 19.0 Å². The third kappa shape index (κ3) is 5.85. The second-order valence-electron chi connectivity index (χ2n) is 10.2. The normalized spacial score (nSPS) is 17.2. The molecule has 0 spiro atoms. The average molecular weight is 503 g/mol. The number of likely N-dealkylation sites (tertiary alicyclic amines) is 1. The molecule has 2 N–H and O–H groups in total. The molecule has 0 bridgehead atoms. The number of carbonyl (C=O) groups excluding carboxylic acids is 2. The maximum absolute atomic E-state index is 13.9. The van der Waals surface area contributed by atoms with Crippen LogP contribution in [0.1, 0.15) is 42.1 Å². The maximum atomic E-state index is 13.9. The number of aryl methyl sites for hydroxylation is 1. The van der Waals surface area contributed by atoms with Crippen molar-refractivity contribution in [1.82, 2.24) is 14.5 Å². The Morgan fingerprint density at radius 1 is 1.11 bits per heavy atom. The second kappa shape index (κ2) is 10.8.